The molecule has 0 aliphatic carbocycles. The number of nitrogens with zero attached hydrogens (tertiary/aromatic N) is 4. The Bertz CT molecular complexity index is 4600. The minimum Gasteiger partial charge on any atom is -0.311 e. The van der Waals surface area contributed by atoms with E-state index in [4.69, 9.17) is 0 Å². The van der Waals surface area contributed by atoms with E-state index in [9.17, 15) is 0 Å². The van der Waals surface area contributed by atoms with Crippen molar-refractivity contribution in [2.45, 2.75) is 13.8 Å². The average molecular weight is 1070 g/mol. The van der Waals surface area contributed by atoms with Crippen molar-refractivity contribution in [3.8, 4) is 22.3 Å². The second-order valence-corrected chi connectivity index (χ2v) is 23.2. The first-order valence-corrected chi connectivity index (χ1v) is 29.4. The van der Waals surface area contributed by atoms with Crippen molar-refractivity contribution in [1.82, 2.24) is 0 Å². The molecule has 0 aromatic heterocycles. The van der Waals surface area contributed by atoms with Crippen LogP contribution in [0.2, 0.25) is 0 Å². The molecule has 4 heterocycles. The molecule has 0 radical (unpaired) electrons. The quantitative estimate of drug-likeness (QED) is 0.111. The van der Waals surface area contributed by atoms with Crippen molar-refractivity contribution >= 4 is 147 Å². The zero-order valence-electron chi connectivity index (χ0n) is 46.5. The highest BCUT2D eigenvalue weighted by atomic mass is 15.2. The Kier molecular flexibility index (Phi) is 10.1. The maximum atomic E-state index is 2.63. The molecule has 14 aromatic carbocycles. The van der Waals surface area contributed by atoms with Gasteiger partial charge in [0.2, 0.25) is 13.4 Å². The summed E-state index contributed by atoms with van der Waals surface area (Å²) in [5.74, 6) is 0. The molecule has 0 saturated heterocycles. The van der Waals surface area contributed by atoms with Gasteiger partial charge in [-0.15, -0.1) is 0 Å². The molecule has 0 atom stereocenters. The zero-order valence-corrected chi connectivity index (χ0v) is 46.5. The Hall–Kier alpha value is -10.6. The normalized spacial score (nSPS) is 13.0. The summed E-state index contributed by atoms with van der Waals surface area (Å²) in [5, 5.41) is 8.12. The van der Waals surface area contributed by atoms with Gasteiger partial charge in [0.25, 0.3) is 0 Å². The highest BCUT2D eigenvalue weighted by molar-refractivity contribution is 7.02. The second kappa shape index (κ2) is 18.0. The molecule has 390 valence electrons. The Morgan fingerprint density at radius 3 is 0.940 bits per heavy atom. The number of aryl methyl sites for hydroxylation is 2. The SMILES string of the molecule is Cc1cc2c3c(cc4c(C)cc5c6c(cc1c3c46)B1c3ccccc3N(c3ccccc3)c3cc(N(c4ccccc4)c4ccccc4)cc-5c31)B1c3ccccc3N(c3ccccc3)c3cc(N(c4ccccc4)c4ccccc4)cc-2c31. The zero-order chi connectivity index (χ0) is 55.3. The van der Waals surface area contributed by atoms with Crippen LogP contribution in [0.1, 0.15) is 11.1 Å². The summed E-state index contributed by atoms with van der Waals surface area (Å²) in [5.41, 5.74) is 29.6. The number of rotatable bonds is 8. The maximum absolute atomic E-state index is 2.63. The molecule has 0 amide bonds. The molecular weight excluding hydrogens is 1010 g/mol. The van der Waals surface area contributed by atoms with E-state index in [1.165, 1.54) is 121 Å². The van der Waals surface area contributed by atoms with Gasteiger partial charge in [-0.25, -0.2) is 0 Å². The van der Waals surface area contributed by atoms with Crippen molar-refractivity contribution in [3.63, 3.8) is 0 Å². The lowest BCUT2D eigenvalue weighted by atomic mass is 9.31. The van der Waals surface area contributed by atoms with Crippen LogP contribution >= 0.6 is 0 Å². The van der Waals surface area contributed by atoms with E-state index in [0.717, 1.165) is 45.5 Å². The van der Waals surface area contributed by atoms with Gasteiger partial charge in [-0.3, -0.25) is 0 Å². The molecule has 0 fully saturated rings. The number of para-hydroxylation sites is 8. The molecule has 0 spiro atoms. The van der Waals surface area contributed by atoms with Crippen LogP contribution in [0.25, 0.3) is 54.6 Å². The molecule has 0 saturated carbocycles. The van der Waals surface area contributed by atoms with E-state index in [1.807, 2.05) is 0 Å². The third kappa shape index (κ3) is 6.62. The molecule has 0 bridgehead atoms. The van der Waals surface area contributed by atoms with Gasteiger partial charge >= 0.3 is 0 Å². The first-order valence-electron chi connectivity index (χ1n) is 29.4. The predicted octanol–water partition coefficient (Wildman–Crippen LogP) is 16.7. The van der Waals surface area contributed by atoms with Crippen molar-refractivity contribution < 1.29 is 0 Å². The first kappa shape index (κ1) is 47.1. The minimum atomic E-state index is -0.0302. The summed E-state index contributed by atoms with van der Waals surface area (Å²) in [6.07, 6.45) is 0. The summed E-state index contributed by atoms with van der Waals surface area (Å²) >= 11 is 0. The largest absolute Gasteiger partial charge is 0.311 e. The molecule has 0 N–H and O–H groups in total. The summed E-state index contributed by atoms with van der Waals surface area (Å²) in [4.78, 5) is 9.95. The molecule has 14 aromatic rings. The highest BCUT2D eigenvalue weighted by Crippen LogP contribution is 2.52. The van der Waals surface area contributed by atoms with Crippen LogP contribution < -0.4 is 52.4 Å². The van der Waals surface area contributed by atoms with Crippen LogP contribution in [0, 0.1) is 13.8 Å². The smallest absolute Gasteiger partial charge is 0.248 e. The lowest BCUT2D eigenvalue weighted by molar-refractivity contribution is 1.25. The number of anilines is 12. The van der Waals surface area contributed by atoms with Gasteiger partial charge < -0.3 is 19.6 Å². The van der Waals surface area contributed by atoms with Crippen LogP contribution in [-0.4, -0.2) is 13.4 Å². The highest BCUT2D eigenvalue weighted by Gasteiger charge is 2.46. The fourth-order valence-corrected chi connectivity index (χ4v) is 15.4. The Morgan fingerprint density at radius 2 is 0.583 bits per heavy atom. The van der Waals surface area contributed by atoms with E-state index in [1.54, 1.807) is 0 Å². The van der Waals surface area contributed by atoms with Gasteiger partial charge in [0.15, 0.2) is 0 Å². The third-order valence-electron chi connectivity index (χ3n) is 18.7. The summed E-state index contributed by atoms with van der Waals surface area (Å²) in [6, 6.07) is 104. The van der Waals surface area contributed by atoms with Crippen LogP contribution in [0.15, 0.2) is 279 Å². The molecular formula is C78H52B2N4. The number of hydrogen-bond donors (Lipinski definition) is 0. The van der Waals surface area contributed by atoms with Gasteiger partial charge in [0, 0.05) is 68.2 Å². The number of fused-ring (bicyclic) bond motifs is 8. The predicted molar refractivity (Wildman–Crippen MR) is 359 cm³/mol. The summed E-state index contributed by atoms with van der Waals surface area (Å²) in [6.45, 7) is 4.69. The summed E-state index contributed by atoms with van der Waals surface area (Å²) < 4.78 is 0. The lowest BCUT2D eigenvalue weighted by Gasteiger charge is -2.43. The van der Waals surface area contributed by atoms with E-state index < -0.39 is 0 Å². The Morgan fingerprint density at radius 1 is 0.262 bits per heavy atom. The van der Waals surface area contributed by atoms with Crippen molar-refractivity contribution in [1.29, 1.82) is 0 Å². The Labute approximate surface area is 489 Å². The van der Waals surface area contributed by atoms with Crippen LogP contribution in [0.3, 0.4) is 0 Å². The minimum absolute atomic E-state index is 0.0302. The standard InChI is InChI=1S/C78H52B2N4/c1-49-41-61-63-43-57(81(51-25-9-3-10-26-51)52-27-11-4-12-28-52)45-71-77(63)80(66-38-22-24-40-70(66)83(71)55-33-17-7-18-34-55)68-48-60-50(2)42-62-64-44-58(82(53-29-13-5-14-30-53)54-31-15-6-16-32-54)46-72-78(64)79(67-47-59(49)75(73(61)68)76(60)74(62)67)65-37-21-23-39-69(65)84(72)56-35-19-8-20-36-56/h3-48H,1-2H3. The van der Waals surface area contributed by atoms with Crippen LogP contribution in [0.5, 0.6) is 0 Å². The summed E-state index contributed by atoms with van der Waals surface area (Å²) in [7, 11) is 0. The van der Waals surface area contributed by atoms with Crippen LogP contribution in [0.4, 0.5) is 68.2 Å². The lowest BCUT2D eigenvalue weighted by Crippen LogP contribution is -2.60. The van der Waals surface area contributed by atoms with E-state index >= 15 is 0 Å². The van der Waals surface area contributed by atoms with Crippen LogP contribution in [-0.2, 0) is 0 Å². The second-order valence-electron chi connectivity index (χ2n) is 23.2. The van der Waals surface area contributed by atoms with Gasteiger partial charge in [0.1, 0.15) is 0 Å². The van der Waals surface area contributed by atoms with E-state index in [0.29, 0.717) is 0 Å². The molecule has 6 heteroatoms. The first-order chi connectivity index (χ1) is 41.6. The molecule has 84 heavy (non-hydrogen) atoms. The fourth-order valence-electron chi connectivity index (χ4n) is 15.4. The monoisotopic (exact) mass is 1070 g/mol. The molecule has 4 aliphatic heterocycles. The van der Waals surface area contributed by atoms with Gasteiger partial charge in [-0.1, -0.05) is 181 Å². The number of hydrogen-bond acceptors (Lipinski definition) is 4. The van der Waals surface area contributed by atoms with Gasteiger partial charge in [-0.2, -0.15) is 0 Å². The average Bonchev–Trinajstić information content (AvgIpc) is 0.701. The van der Waals surface area contributed by atoms with Gasteiger partial charge in [0.05, 0.1) is 0 Å². The third-order valence-corrected chi connectivity index (χ3v) is 18.7. The van der Waals surface area contributed by atoms with E-state index in [-0.39, 0.29) is 13.4 Å². The molecule has 4 aliphatic rings. The number of benzene rings is 14. The molecule has 18 rings (SSSR count). The molecule has 0 unspecified atom stereocenters. The van der Waals surface area contributed by atoms with Crippen molar-refractivity contribution in [3.05, 3.63) is 290 Å². The Balaban J connectivity index is 0.975. The van der Waals surface area contributed by atoms with Crippen molar-refractivity contribution in [2.24, 2.45) is 0 Å². The fraction of sp³-hybridized carbons (Fsp3) is 0.0256. The maximum Gasteiger partial charge on any atom is 0.248 e. The van der Waals surface area contributed by atoms with Crippen molar-refractivity contribution in [2.75, 3.05) is 19.6 Å². The van der Waals surface area contributed by atoms with Gasteiger partial charge in [-0.05, 0) is 211 Å². The molecule has 4 nitrogen and oxygen atoms in total. The van der Waals surface area contributed by atoms with E-state index in [2.05, 4.69) is 312 Å². The topological polar surface area (TPSA) is 13.0 Å².